The van der Waals surface area contributed by atoms with Crippen molar-refractivity contribution in [2.45, 2.75) is 77.3 Å². The summed E-state index contributed by atoms with van der Waals surface area (Å²) in [5.74, 6) is 2.90. The van der Waals surface area contributed by atoms with E-state index < -0.39 is 11.9 Å². The molecule has 43 heavy (non-hydrogen) atoms. The number of anilines is 1. The van der Waals surface area contributed by atoms with Crippen LogP contribution in [0.15, 0.2) is 47.2 Å². The van der Waals surface area contributed by atoms with Crippen molar-refractivity contribution in [1.29, 1.82) is 5.26 Å². The zero-order chi connectivity index (χ0) is 29.9. The molecule has 0 aromatic carbocycles. The first kappa shape index (κ1) is 28.4. The molecular formula is C31H35N9O3. The van der Waals surface area contributed by atoms with Gasteiger partial charge in [0.1, 0.15) is 29.0 Å². The number of carbonyl (C=O) groups excluding carboxylic acids is 2. The Labute approximate surface area is 249 Å². The first-order valence-corrected chi connectivity index (χ1v) is 15.0. The standard InChI is InChI=1S/C31H35N9O3/c1-3-24-30(38-43-37-24)31(42)36-29(22-9-4-19(2)5-10-22)25(18-41)35-23-14-34-40(17-23)26(12-20-6-7-20)27-15-33-28-11-8-21(13-32)16-39(27)28/h8,11,14-17,19-20,22,26,29,35H,3-7,9-10,12H2,1-2H3,(H,36,42)/t19?,22?,26-,29+/m1/s1. The summed E-state index contributed by atoms with van der Waals surface area (Å²) in [5.41, 5.74) is 3.72. The van der Waals surface area contributed by atoms with Gasteiger partial charge in [0, 0.05) is 12.4 Å². The third-order valence-corrected chi connectivity index (χ3v) is 8.80. The number of nitrogens with zero attached hydrogens (tertiary/aromatic N) is 7. The number of nitrogens with one attached hydrogen (secondary N) is 2. The Morgan fingerprint density at radius 1 is 1.14 bits per heavy atom. The highest BCUT2D eigenvalue weighted by molar-refractivity contribution is 5.93. The topological polar surface area (TPSA) is 156 Å². The van der Waals surface area contributed by atoms with Gasteiger partial charge in [-0.1, -0.05) is 44.7 Å². The Balaban J connectivity index is 1.27. The monoisotopic (exact) mass is 581 g/mol. The van der Waals surface area contributed by atoms with Crippen LogP contribution in [-0.2, 0) is 11.2 Å². The molecule has 222 valence electrons. The lowest BCUT2D eigenvalue weighted by Crippen LogP contribution is -2.45. The number of imidazole rings is 1. The van der Waals surface area contributed by atoms with E-state index in [-0.39, 0.29) is 23.4 Å². The van der Waals surface area contributed by atoms with Crippen molar-refractivity contribution in [2.75, 3.05) is 5.32 Å². The number of nitriles is 1. The van der Waals surface area contributed by atoms with Crippen molar-refractivity contribution in [3.05, 3.63) is 65.3 Å². The molecule has 1 amide bonds. The second kappa shape index (κ2) is 12.2. The van der Waals surface area contributed by atoms with Crippen molar-refractivity contribution in [3.8, 4) is 6.07 Å². The van der Waals surface area contributed by atoms with E-state index >= 15 is 0 Å². The second-order valence-corrected chi connectivity index (χ2v) is 11.9. The molecule has 2 aliphatic carbocycles. The normalized spacial score (nSPS) is 19.7. The first-order chi connectivity index (χ1) is 21.0. The number of hydrogen-bond donors (Lipinski definition) is 2. The molecule has 0 aliphatic heterocycles. The number of carbonyl (C=O) groups is 1. The van der Waals surface area contributed by atoms with Crippen molar-refractivity contribution < 1.29 is 14.2 Å². The van der Waals surface area contributed by atoms with E-state index in [0.717, 1.165) is 43.4 Å². The van der Waals surface area contributed by atoms with Crippen LogP contribution in [0.2, 0.25) is 0 Å². The Hall–Kier alpha value is -4.75. The summed E-state index contributed by atoms with van der Waals surface area (Å²) in [7, 11) is 0. The van der Waals surface area contributed by atoms with Gasteiger partial charge in [-0.05, 0) is 60.7 Å². The van der Waals surface area contributed by atoms with Crippen LogP contribution in [0.3, 0.4) is 0 Å². The van der Waals surface area contributed by atoms with Crippen LogP contribution in [0, 0.1) is 29.1 Å². The average molecular weight is 582 g/mol. The maximum absolute atomic E-state index is 13.3. The van der Waals surface area contributed by atoms with Crippen LogP contribution in [0.1, 0.15) is 92.3 Å². The molecule has 0 spiro atoms. The number of pyridine rings is 1. The van der Waals surface area contributed by atoms with Crippen LogP contribution in [0.25, 0.3) is 5.65 Å². The molecule has 0 radical (unpaired) electrons. The highest BCUT2D eigenvalue weighted by Crippen LogP contribution is 2.40. The molecule has 4 heterocycles. The molecule has 2 saturated carbocycles. The zero-order valence-electron chi connectivity index (χ0n) is 24.4. The molecule has 4 aromatic heterocycles. The van der Waals surface area contributed by atoms with Crippen molar-refractivity contribution >= 4 is 23.2 Å². The molecule has 4 aromatic rings. The van der Waals surface area contributed by atoms with Gasteiger partial charge in [-0.15, -0.1) is 0 Å². The number of aromatic nitrogens is 6. The summed E-state index contributed by atoms with van der Waals surface area (Å²) in [4.78, 5) is 30.3. The van der Waals surface area contributed by atoms with Crippen LogP contribution in [0.4, 0.5) is 5.69 Å². The lowest BCUT2D eigenvalue weighted by atomic mass is 9.78. The van der Waals surface area contributed by atoms with E-state index in [2.05, 4.69) is 50.0 Å². The lowest BCUT2D eigenvalue weighted by Gasteiger charge is -2.33. The number of amides is 1. The van der Waals surface area contributed by atoms with Gasteiger partial charge in [-0.3, -0.25) is 9.48 Å². The Morgan fingerprint density at radius 3 is 2.67 bits per heavy atom. The fourth-order valence-corrected chi connectivity index (χ4v) is 6.11. The molecule has 0 bridgehead atoms. The molecule has 2 atom stereocenters. The Morgan fingerprint density at radius 2 is 1.95 bits per heavy atom. The molecular weight excluding hydrogens is 546 g/mol. The predicted molar refractivity (Wildman–Crippen MR) is 156 cm³/mol. The fourth-order valence-electron chi connectivity index (χ4n) is 6.11. The van der Waals surface area contributed by atoms with E-state index in [1.807, 2.05) is 34.5 Å². The molecule has 0 saturated heterocycles. The number of rotatable bonds is 11. The van der Waals surface area contributed by atoms with Crippen LogP contribution in [-0.4, -0.2) is 47.4 Å². The molecule has 12 heteroatoms. The average Bonchev–Trinajstić information content (AvgIpc) is 3.38. The van der Waals surface area contributed by atoms with Gasteiger partial charge in [0.05, 0.1) is 41.4 Å². The Kier molecular flexibility index (Phi) is 8.07. The largest absolute Gasteiger partial charge is 0.346 e. The summed E-state index contributed by atoms with van der Waals surface area (Å²) < 4.78 is 8.65. The quantitative estimate of drug-likeness (QED) is 0.244. The molecule has 6 rings (SSSR count). The maximum Gasteiger partial charge on any atom is 0.276 e. The van der Waals surface area contributed by atoms with Crippen LogP contribution < -0.4 is 10.6 Å². The van der Waals surface area contributed by atoms with E-state index in [1.54, 1.807) is 18.5 Å². The third kappa shape index (κ3) is 6.08. The van der Waals surface area contributed by atoms with E-state index in [1.165, 1.54) is 12.8 Å². The number of hydrogen-bond acceptors (Lipinski definition) is 9. The Bertz CT molecular complexity index is 1690. The molecule has 0 unspecified atom stereocenters. The van der Waals surface area contributed by atoms with E-state index in [0.29, 0.717) is 35.2 Å². The SMILES string of the molecule is CCc1nonc1C(=O)N[C@H](C(=C=O)Nc1cnn([C@H](CC2CC2)c2cnc3ccc(C#N)cn23)c1)C1CCC(C)CC1. The van der Waals surface area contributed by atoms with Crippen LogP contribution >= 0.6 is 0 Å². The smallest absolute Gasteiger partial charge is 0.276 e. The zero-order valence-corrected chi connectivity index (χ0v) is 24.4. The predicted octanol–water partition coefficient (Wildman–Crippen LogP) is 4.49. The van der Waals surface area contributed by atoms with Crippen molar-refractivity contribution in [1.82, 2.24) is 34.8 Å². The van der Waals surface area contributed by atoms with Crippen molar-refractivity contribution in [3.63, 3.8) is 0 Å². The minimum atomic E-state index is -0.590. The lowest BCUT2D eigenvalue weighted by molar-refractivity contribution is 0.0910. The number of fused-ring (bicyclic) bond motifs is 1. The van der Waals surface area contributed by atoms with Gasteiger partial charge in [-0.25, -0.2) is 14.4 Å². The van der Waals surface area contributed by atoms with Gasteiger partial charge in [0.25, 0.3) is 5.91 Å². The molecule has 2 fully saturated rings. The summed E-state index contributed by atoms with van der Waals surface area (Å²) in [6, 6.07) is 5.10. The summed E-state index contributed by atoms with van der Waals surface area (Å²) in [6.07, 6.45) is 14.7. The van der Waals surface area contributed by atoms with Gasteiger partial charge in [0.15, 0.2) is 5.69 Å². The fraction of sp³-hybridized carbons (Fsp3) is 0.484. The summed E-state index contributed by atoms with van der Waals surface area (Å²) >= 11 is 0. The van der Waals surface area contributed by atoms with Gasteiger partial charge < -0.3 is 15.0 Å². The van der Waals surface area contributed by atoms with Crippen LogP contribution in [0.5, 0.6) is 0 Å². The van der Waals surface area contributed by atoms with E-state index in [4.69, 9.17) is 4.63 Å². The van der Waals surface area contributed by atoms with Crippen molar-refractivity contribution in [2.24, 2.45) is 17.8 Å². The highest BCUT2D eigenvalue weighted by atomic mass is 16.6. The third-order valence-electron chi connectivity index (χ3n) is 8.80. The summed E-state index contributed by atoms with van der Waals surface area (Å²) in [6.45, 7) is 4.10. The summed E-state index contributed by atoms with van der Waals surface area (Å²) in [5, 5.41) is 28.0. The minimum Gasteiger partial charge on any atom is -0.346 e. The highest BCUT2D eigenvalue weighted by Gasteiger charge is 2.34. The first-order valence-electron chi connectivity index (χ1n) is 15.0. The molecule has 2 N–H and O–H groups in total. The molecule has 2 aliphatic rings. The second-order valence-electron chi connectivity index (χ2n) is 11.9. The maximum atomic E-state index is 13.3. The minimum absolute atomic E-state index is 0.0548. The van der Waals surface area contributed by atoms with Gasteiger partial charge in [-0.2, -0.15) is 10.4 Å². The van der Waals surface area contributed by atoms with Gasteiger partial charge >= 0.3 is 0 Å². The number of aryl methyl sites for hydroxylation is 1. The molecule has 12 nitrogen and oxygen atoms in total. The van der Waals surface area contributed by atoms with Gasteiger partial charge in [0.2, 0.25) is 0 Å². The van der Waals surface area contributed by atoms with E-state index in [9.17, 15) is 14.9 Å².